The molecular formula is C12H13F2N3O. The number of rotatable bonds is 5. The number of halogens is 2. The molecule has 2 aromatic rings. The van der Waals surface area contributed by atoms with Crippen molar-refractivity contribution in [3.05, 3.63) is 42.2 Å². The summed E-state index contributed by atoms with van der Waals surface area (Å²) >= 11 is 0. The summed E-state index contributed by atoms with van der Waals surface area (Å²) in [5.74, 6) is -1.21. The molecule has 0 bridgehead atoms. The van der Waals surface area contributed by atoms with Crippen LogP contribution in [0.3, 0.4) is 0 Å². The highest BCUT2D eigenvalue weighted by Gasteiger charge is 2.06. The van der Waals surface area contributed by atoms with Gasteiger partial charge in [-0.1, -0.05) is 0 Å². The van der Waals surface area contributed by atoms with E-state index in [-0.39, 0.29) is 0 Å². The van der Waals surface area contributed by atoms with Crippen molar-refractivity contribution in [3.63, 3.8) is 0 Å². The van der Waals surface area contributed by atoms with Crippen LogP contribution in [0, 0.1) is 11.6 Å². The van der Waals surface area contributed by atoms with Gasteiger partial charge in [-0.2, -0.15) is 0 Å². The number of ether oxygens (including phenoxy) is 1. The molecule has 0 spiro atoms. The van der Waals surface area contributed by atoms with Crippen LogP contribution >= 0.6 is 0 Å². The molecule has 1 aromatic carbocycles. The first-order valence-electron chi connectivity index (χ1n) is 5.43. The summed E-state index contributed by atoms with van der Waals surface area (Å²) in [6, 6.07) is 3.61. The van der Waals surface area contributed by atoms with Crippen molar-refractivity contribution in [3.8, 4) is 0 Å². The van der Waals surface area contributed by atoms with Crippen molar-refractivity contribution >= 4 is 11.6 Å². The third kappa shape index (κ3) is 2.84. The molecule has 0 unspecified atom stereocenters. The van der Waals surface area contributed by atoms with E-state index in [1.54, 1.807) is 19.5 Å². The third-order valence-corrected chi connectivity index (χ3v) is 2.43. The van der Waals surface area contributed by atoms with Crippen LogP contribution in [0.4, 0.5) is 20.4 Å². The van der Waals surface area contributed by atoms with Crippen LogP contribution in [0.2, 0.25) is 0 Å². The van der Waals surface area contributed by atoms with Crippen LogP contribution in [-0.4, -0.2) is 23.3 Å². The topological polar surface area (TPSA) is 39.1 Å². The van der Waals surface area contributed by atoms with Crippen molar-refractivity contribution in [1.82, 2.24) is 9.55 Å². The molecule has 1 heterocycles. The number of imidazole rings is 1. The number of hydrogen-bond donors (Lipinski definition) is 1. The molecule has 0 fully saturated rings. The molecule has 0 saturated carbocycles. The second-order valence-electron chi connectivity index (χ2n) is 3.69. The zero-order chi connectivity index (χ0) is 13.0. The van der Waals surface area contributed by atoms with Gasteiger partial charge in [-0.05, 0) is 12.1 Å². The van der Waals surface area contributed by atoms with Gasteiger partial charge >= 0.3 is 0 Å². The van der Waals surface area contributed by atoms with E-state index < -0.39 is 11.6 Å². The SMILES string of the molecule is COCCn1ccnc1Nc1ccc(F)c(F)c1. The highest BCUT2D eigenvalue weighted by atomic mass is 19.2. The first kappa shape index (κ1) is 12.5. The molecule has 0 amide bonds. The van der Waals surface area contributed by atoms with E-state index in [1.807, 2.05) is 4.57 Å². The van der Waals surface area contributed by atoms with Crippen molar-refractivity contribution < 1.29 is 13.5 Å². The first-order valence-corrected chi connectivity index (χ1v) is 5.43. The summed E-state index contributed by atoms with van der Waals surface area (Å²) < 4.78 is 32.6. The van der Waals surface area contributed by atoms with Crippen molar-refractivity contribution in [2.24, 2.45) is 0 Å². The van der Waals surface area contributed by atoms with Gasteiger partial charge in [-0.25, -0.2) is 13.8 Å². The lowest BCUT2D eigenvalue weighted by molar-refractivity contribution is 0.188. The maximum atomic E-state index is 13.0. The number of hydrogen-bond acceptors (Lipinski definition) is 3. The van der Waals surface area contributed by atoms with E-state index >= 15 is 0 Å². The number of methoxy groups -OCH3 is 1. The fourth-order valence-electron chi connectivity index (χ4n) is 1.51. The van der Waals surface area contributed by atoms with Crippen LogP contribution in [-0.2, 0) is 11.3 Å². The molecule has 96 valence electrons. The summed E-state index contributed by atoms with van der Waals surface area (Å²) in [5, 5.41) is 2.92. The Balaban J connectivity index is 2.13. The third-order valence-electron chi connectivity index (χ3n) is 2.43. The fraction of sp³-hybridized carbons (Fsp3) is 0.250. The zero-order valence-electron chi connectivity index (χ0n) is 9.86. The molecule has 0 aliphatic carbocycles. The lowest BCUT2D eigenvalue weighted by Gasteiger charge is -2.09. The first-order chi connectivity index (χ1) is 8.70. The number of aromatic nitrogens is 2. The minimum Gasteiger partial charge on any atom is -0.383 e. The molecule has 0 saturated heterocycles. The Labute approximate surface area is 103 Å². The summed E-state index contributed by atoms with van der Waals surface area (Å²) in [4.78, 5) is 4.10. The second kappa shape index (κ2) is 5.59. The molecule has 0 atom stereocenters. The average Bonchev–Trinajstić information content (AvgIpc) is 2.79. The maximum Gasteiger partial charge on any atom is 0.207 e. The van der Waals surface area contributed by atoms with E-state index in [1.165, 1.54) is 6.07 Å². The van der Waals surface area contributed by atoms with Crippen LogP contribution < -0.4 is 5.32 Å². The number of nitrogens with zero attached hydrogens (tertiary/aromatic N) is 2. The molecule has 0 radical (unpaired) electrons. The molecule has 4 nitrogen and oxygen atoms in total. The smallest absolute Gasteiger partial charge is 0.207 e. The van der Waals surface area contributed by atoms with Crippen LogP contribution in [0.25, 0.3) is 0 Å². The minimum atomic E-state index is -0.894. The number of nitrogens with one attached hydrogen (secondary N) is 1. The minimum absolute atomic E-state index is 0.443. The van der Waals surface area contributed by atoms with E-state index in [2.05, 4.69) is 10.3 Å². The van der Waals surface area contributed by atoms with E-state index in [0.29, 0.717) is 24.8 Å². The Kier molecular flexibility index (Phi) is 3.88. The Bertz CT molecular complexity index is 528. The largest absolute Gasteiger partial charge is 0.383 e. The van der Waals surface area contributed by atoms with Crippen LogP contribution in [0.15, 0.2) is 30.6 Å². The molecule has 0 aliphatic heterocycles. The average molecular weight is 253 g/mol. The van der Waals surface area contributed by atoms with Crippen molar-refractivity contribution in [2.75, 3.05) is 19.0 Å². The van der Waals surface area contributed by atoms with Gasteiger partial charge in [0.05, 0.1) is 6.61 Å². The standard InChI is InChI=1S/C12H13F2N3O/c1-18-7-6-17-5-4-15-12(17)16-9-2-3-10(13)11(14)8-9/h2-5,8H,6-7H2,1H3,(H,15,16). The molecule has 1 aromatic heterocycles. The predicted octanol–water partition coefficient (Wildman–Crippen LogP) is 2.55. The normalized spacial score (nSPS) is 10.6. The molecular weight excluding hydrogens is 240 g/mol. The number of benzene rings is 1. The summed E-state index contributed by atoms with van der Waals surface area (Å²) in [6.45, 7) is 1.17. The van der Waals surface area contributed by atoms with Gasteiger partial charge in [0.2, 0.25) is 5.95 Å². The van der Waals surface area contributed by atoms with Gasteiger partial charge in [0.1, 0.15) is 0 Å². The van der Waals surface area contributed by atoms with Crippen molar-refractivity contribution in [2.45, 2.75) is 6.54 Å². The Morgan fingerprint density at radius 1 is 1.33 bits per heavy atom. The molecule has 1 N–H and O–H groups in total. The molecule has 6 heteroatoms. The highest BCUT2D eigenvalue weighted by Crippen LogP contribution is 2.17. The number of anilines is 2. The van der Waals surface area contributed by atoms with E-state index in [0.717, 1.165) is 12.1 Å². The highest BCUT2D eigenvalue weighted by molar-refractivity contribution is 5.53. The van der Waals surface area contributed by atoms with E-state index in [4.69, 9.17) is 4.74 Å². The Morgan fingerprint density at radius 3 is 2.89 bits per heavy atom. The van der Waals surface area contributed by atoms with Gasteiger partial charge in [0.15, 0.2) is 11.6 Å². The van der Waals surface area contributed by atoms with Crippen LogP contribution in [0.5, 0.6) is 0 Å². The van der Waals surface area contributed by atoms with E-state index in [9.17, 15) is 8.78 Å². The van der Waals surface area contributed by atoms with Crippen molar-refractivity contribution in [1.29, 1.82) is 0 Å². The quantitative estimate of drug-likeness (QED) is 0.890. The monoisotopic (exact) mass is 253 g/mol. The van der Waals surface area contributed by atoms with Crippen LogP contribution in [0.1, 0.15) is 0 Å². The Hall–Kier alpha value is -1.95. The molecule has 18 heavy (non-hydrogen) atoms. The van der Waals surface area contributed by atoms with Gasteiger partial charge < -0.3 is 14.6 Å². The zero-order valence-corrected chi connectivity index (χ0v) is 9.86. The van der Waals surface area contributed by atoms with Gasteiger partial charge in [-0.3, -0.25) is 0 Å². The van der Waals surface area contributed by atoms with Gasteiger partial charge in [0, 0.05) is 37.8 Å². The predicted molar refractivity (Wildman–Crippen MR) is 63.7 cm³/mol. The fourth-order valence-corrected chi connectivity index (χ4v) is 1.51. The summed E-state index contributed by atoms with van der Waals surface area (Å²) in [5.41, 5.74) is 0.443. The molecule has 0 aliphatic rings. The lowest BCUT2D eigenvalue weighted by atomic mass is 10.3. The maximum absolute atomic E-state index is 13.0. The molecule has 2 rings (SSSR count). The second-order valence-corrected chi connectivity index (χ2v) is 3.69. The van der Waals surface area contributed by atoms with Gasteiger partial charge in [0.25, 0.3) is 0 Å². The Morgan fingerprint density at radius 2 is 2.17 bits per heavy atom. The summed E-state index contributed by atoms with van der Waals surface area (Å²) in [7, 11) is 1.61. The lowest BCUT2D eigenvalue weighted by Crippen LogP contribution is -2.07. The van der Waals surface area contributed by atoms with Gasteiger partial charge in [-0.15, -0.1) is 0 Å². The summed E-state index contributed by atoms with van der Waals surface area (Å²) in [6.07, 6.45) is 3.40.